The molecule has 0 rings (SSSR count). The molecule has 0 bridgehead atoms. The Labute approximate surface area is 193 Å². The second-order valence-corrected chi connectivity index (χ2v) is 8.26. The molecule has 0 saturated carbocycles. The molecule has 0 aromatic carbocycles. The highest BCUT2D eigenvalue weighted by Gasteiger charge is 2.31. The summed E-state index contributed by atoms with van der Waals surface area (Å²) in [5, 5.41) is 16.5. The van der Waals surface area contributed by atoms with Gasteiger partial charge < -0.3 is 38.3 Å². The molecule has 4 unspecified atom stereocenters. The van der Waals surface area contributed by atoms with Crippen LogP contribution in [0.25, 0.3) is 0 Å². The molecular formula is C19H36N6O6S. The van der Waals surface area contributed by atoms with Gasteiger partial charge in [0.2, 0.25) is 23.6 Å². The second kappa shape index (κ2) is 15.4. The first-order valence-electron chi connectivity index (χ1n) is 10.4. The molecule has 0 aromatic heterocycles. The van der Waals surface area contributed by atoms with Crippen LogP contribution in [0.15, 0.2) is 0 Å². The van der Waals surface area contributed by atoms with Crippen molar-refractivity contribution < 1.29 is 29.1 Å². The van der Waals surface area contributed by atoms with Crippen LogP contribution < -0.4 is 33.2 Å². The SMILES string of the molecule is CC(C)CC(NC(=O)C(CC(N)=O)NC(=O)C(CCCCN)NC(=O)C(N)CS)C(=O)O. The van der Waals surface area contributed by atoms with Crippen LogP contribution in [0, 0.1) is 5.92 Å². The lowest BCUT2D eigenvalue weighted by Gasteiger charge is -2.25. The number of amides is 4. The molecule has 0 aliphatic carbocycles. The lowest BCUT2D eigenvalue weighted by molar-refractivity contribution is -0.143. The van der Waals surface area contributed by atoms with Crippen molar-refractivity contribution >= 4 is 42.2 Å². The lowest BCUT2D eigenvalue weighted by Crippen LogP contribution is -2.58. The first-order chi connectivity index (χ1) is 14.9. The number of primary amides is 1. The second-order valence-electron chi connectivity index (χ2n) is 7.90. The molecule has 0 spiro atoms. The number of carboxylic acids is 1. The Balaban J connectivity index is 5.46. The van der Waals surface area contributed by atoms with Gasteiger partial charge in [-0.05, 0) is 38.1 Å². The van der Waals surface area contributed by atoms with Gasteiger partial charge in [-0.25, -0.2) is 4.79 Å². The van der Waals surface area contributed by atoms with Crippen LogP contribution in [0.4, 0.5) is 0 Å². The number of carbonyl (C=O) groups excluding carboxylic acids is 4. The summed E-state index contributed by atoms with van der Waals surface area (Å²) >= 11 is 3.95. The van der Waals surface area contributed by atoms with Gasteiger partial charge in [-0.2, -0.15) is 12.6 Å². The van der Waals surface area contributed by atoms with Crippen LogP contribution >= 0.6 is 12.6 Å². The largest absolute Gasteiger partial charge is 0.480 e. The third kappa shape index (κ3) is 11.9. The summed E-state index contributed by atoms with van der Waals surface area (Å²) in [7, 11) is 0. The summed E-state index contributed by atoms with van der Waals surface area (Å²) in [5.74, 6) is -4.30. The molecule has 0 fully saturated rings. The molecule has 0 radical (unpaired) electrons. The van der Waals surface area contributed by atoms with Crippen molar-refractivity contribution in [2.75, 3.05) is 12.3 Å². The zero-order valence-corrected chi connectivity index (χ0v) is 19.4. The quantitative estimate of drug-likeness (QED) is 0.0902. The van der Waals surface area contributed by atoms with Gasteiger partial charge in [0, 0.05) is 5.75 Å². The number of aliphatic carboxylic acids is 1. The lowest BCUT2D eigenvalue weighted by atomic mass is 10.0. The summed E-state index contributed by atoms with van der Waals surface area (Å²) < 4.78 is 0. The van der Waals surface area contributed by atoms with Crippen molar-refractivity contribution in [3.8, 4) is 0 Å². The summed E-state index contributed by atoms with van der Waals surface area (Å²) in [6.07, 6.45) is 0.916. The van der Waals surface area contributed by atoms with Crippen molar-refractivity contribution in [3.63, 3.8) is 0 Å². The minimum absolute atomic E-state index is 0.0289. The van der Waals surface area contributed by atoms with E-state index in [0.717, 1.165) is 0 Å². The standard InChI is InChI=1S/C19H36N6O6S/c1-10(2)7-14(19(30)31)25-18(29)13(8-15(22)26)24-17(28)12(5-3-4-6-20)23-16(27)11(21)9-32/h10-14,32H,3-9,20-21H2,1-2H3,(H2,22,26)(H,23,27)(H,24,28)(H,25,29)(H,30,31). The Morgan fingerprint density at radius 3 is 1.91 bits per heavy atom. The summed E-state index contributed by atoms with van der Waals surface area (Å²) in [6, 6.07) is -4.61. The Kier molecular flexibility index (Phi) is 14.3. The van der Waals surface area contributed by atoms with Crippen molar-refractivity contribution in [3.05, 3.63) is 0 Å². The number of carboxylic acid groups (broad SMARTS) is 1. The average molecular weight is 477 g/mol. The Hall–Kier alpha value is -2.38. The van der Waals surface area contributed by atoms with Crippen molar-refractivity contribution in [2.24, 2.45) is 23.1 Å². The summed E-state index contributed by atoms with van der Waals surface area (Å²) in [5.41, 5.74) is 16.3. The van der Waals surface area contributed by atoms with Gasteiger partial charge in [-0.15, -0.1) is 0 Å². The molecule has 0 aromatic rings. The van der Waals surface area contributed by atoms with E-state index in [4.69, 9.17) is 17.2 Å². The fourth-order valence-corrected chi connectivity index (χ4v) is 2.94. The van der Waals surface area contributed by atoms with E-state index in [1.165, 1.54) is 0 Å². The molecule has 4 atom stereocenters. The third-order valence-electron chi connectivity index (χ3n) is 4.47. The van der Waals surface area contributed by atoms with Crippen LogP contribution in [0.3, 0.4) is 0 Å². The molecule has 4 amide bonds. The number of unbranched alkanes of at least 4 members (excludes halogenated alkanes) is 1. The molecule has 0 aliphatic heterocycles. The Bertz CT molecular complexity index is 662. The van der Waals surface area contributed by atoms with Gasteiger partial charge >= 0.3 is 5.97 Å². The number of nitrogens with one attached hydrogen (secondary N) is 3. The van der Waals surface area contributed by atoms with Crippen LogP contribution in [-0.4, -0.2) is 71.2 Å². The van der Waals surface area contributed by atoms with Crippen molar-refractivity contribution in [1.29, 1.82) is 0 Å². The number of carbonyl (C=O) groups is 5. The fourth-order valence-electron chi connectivity index (χ4n) is 2.77. The zero-order valence-electron chi connectivity index (χ0n) is 18.5. The fraction of sp³-hybridized carbons (Fsp3) is 0.737. The molecule has 184 valence electrons. The Morgan fingerprint density at radius 1 is 0.906 bits per heavy atom. The highest BCUT2D eigenvalue weighted by Crippen LogP contribution is 2.07. The number of hydrogen-bond acceptors (Lipinski definition) is 8. The summed E-state index contributed by atoms with van der Waals surface area (Å²) in [4.78, 5) is 60.5. The molecule has 13 heteroatoms. The number of hydrogen-bond donors (Lipinski definition) is 8. The minimum Gasteiger partial charge on any atom is -0.480 e. The number of nitrogens with two attached hydrogens (primary N) is 3. The molecule has 0 saturated heterocycles. The van der Waals surface area contributed by atoms with Gasteiger partial charge in [0.05, 0.1) is 12.5 Å². The van der Waals surface area contributed by atoms with Gasteiger partial charge in [-0.1, -0.05) is 13.8 Å². The van der Waals surface area contributed by atoms with Crippen LogP contribution in [0.1, 0.15) is 46.0 Å². The van der Waals surface area contributed by atoms with Crippen molar-refractivity contribution in [1.82, 2.24) is 16.0 Å². The van der Waals surface area contributed by atoms with Crippen LogP contribution in [-0.2, 0) is 24.0 Å². The van der Waals surface area contributed by atoms with E-state index in [1.54, 1.807) is 13.8 Å². The smallest absolute Gasteiger partial charge is 0.326 e. The van der Waals surface area contributed by atoms with E-state index in [2.05, 4.69) is 28.6 Å². The van der Waals surface area contributed by atoms with E-state index in [-0.39, 0.29) is 24.5 Å². The Morgan fingerprint density at radius 2 is 1.44 bits per heavy atom. The first kappa shape index (κ1) is 29.6. The number of thiol groups is 1. The van der Waals surface area contributed by atoms with E-state index < -0.39 is 60.2 Å². The minimum atomic E-state index is -1.42. The van der Waals surface area contributed by atoms with Gasteiger partial charge in [0.1, 0.15) is 18.1 Å². The van der Waals surface area contributed by atoms with E-state index >= 15 is 0 Å². The molecule has 0 aliphatic rings. The highest BCUT2D eigenvalue weighted by atomic mass is 32.1. The van der Waals surface area contributed by atoms with Crippen LogP contribution in [0.2, 0.25) is 0 Å². The zero-order chi connectivity index (χ0) is 24.8. The number of rotatable bonds is 16. The molecular weight excluding hydrogens is 440 g/mol. The van der Waals surface area contributed by atoms with E-state index in [0.29, 0.717) is 19.4 Å². The highest BCUT2D eigenvalue weighted by molar-refractivity contribution is 7.80. The third-order valence-corrected chi connectivity index (χ3v) is 4.87. The first-order valence-corrected chi connectivity index (χ1v) is 11.0. The maximum absolute atomic E-state index is 12.8. The summed E-state index contributed by atoms with van der Waals surface area (Å²) in [6.45, 7) is 3.96. The van der Waals surface area contributed by atoms with Crippen molar-refractivity contribution in [2.45, 2.75) is 70.1 Å². The van der Waals surface area contributed by atoms with Gasteiger partial charge in [0.15, 0.2) is 0 Å². The molecule has 10 N–H and O–H groups in total. The maximum Gasteiger partial charge on any atom is 0.326 e. The van der Waals surface area contributed by atoms with Gasteiger partial charge in [0.25, 0.3) is 0 Å². The predicted octanol–water partition coefficient (Wildman–Crippen LogP) is -2.17. The monoisotopic (exact) mass is 476 g/mol. The molecule has 0 heterocycles. The molecule has 32 heavy (non-hydrogen) atoms. The normalized spacial score (nSPS) is 14.7. The molecule has 12 nitrogen and oxygen atoms in total. The van der Waals surface area contributed by atoms with E-state index in [1.807, 2.05) is 0 Å². The van der Waals surface area contributed by atoms with E-state index in [9.17, 15) is 29.1 Å². The predicted molar refractivity (Wildman–Crippen MR) is 121 cm³/mol. The van der Waals surface area contributed by atoms with Crippen LogP contribution in [0.5, 0.6) is 0 Å². The maximum atomic E-state index is 12.8. The average Bonchev–Trinajstić information content (AvgIpc) is 2.70. The topological polar surface area (TPSA) is 220 Å². The van der Waals surface area contributed by atoms with Gasteiger partial charge in [-0.3, -0.25) is 19.2 Å².